The number of ether oxygens (including phenoxy) is 3. The molecular formula is C40H52F3N5O9S. The predicted molar refractivity (Wildman–Crippen MR) is 206 cm³/mol. The molecule has 318 valence electrons. The number of fused-ring (bicyclic) bond motifs is 3. The zero-order valence-electron chi connectivity index (χ0n) is 33.5. The van der Waals surface area contributed by atoms with Crippen molar-refractivity contribution in [3.8, 4) is 11.6 Å². The molecule has 6 rings (SSSR count). The molecule has 0 bridgehead atoms. The van der Waals surface area contributed by atoms with Crippen LogP contribution < -0.4 is 24.8 Å². The van der Waals surface area contributed by atoms with Gasteiger partial charge in [-0.2, -0.15) is 0 Å². The van der Waals surface area contributed by atoms with Gasteiger partial charge in [-0.05, 0) is 70.3 Å². The summed E-state index contributed by atoms with van der Waals surface area (Å²) in [4.78, 5) is 62.2. The molecular weight excluding hydrogens is 784 g/mol. The number of halogens is 3. The van der Waals surface area contributed by atoms with Gasteiger partial charge < -0.3 is 29.7 Å². The number of methoxy groups -OCH3 is 1. The van der Waals surface area contributed by atoms with Crippen LogP contribution in [0.2, 0.25) is 0 Å². The summed E-state index contributed by atoms with van der Waals surface area (Å²) in [5.74, 6) is -6.49. The zero-order chi connectivity index (χ0) is 42.4. The van der Waals surface area contributed by atoms with Crippen molar-refractivity contribution in [3.63, 3.8) is 0 Å². The van der Waals surface area contributed by atoms with E-state index in [0.717, 1.165) is 13.8 Å². The molecule has 1 saturated heterocycles. The quantitative estimate of drug-likeness (QED) is 0.277. The van der Waals surface area contributed by atoms with Crippen LogP contribution in [0.3, 0.4) is 0 Å². The Balaban J connectivity index is 1.36. The third-order valence-electron chi connectivity index (χ3n) is 12.2. The molecule has 0 spiro atoms. The molecule has 3 fully saturated rings. The molecule has 0 radical (unpaired) electrons. The monoisotopic (exact) mass is 835 g/mol. The van der Waals surface area contributed by atoms with Crippen LogP contribution in [0, 0.1) is 17.8 Å². The lowest BCUT2D eigenvalue weighted by molar-refractivity contribution is -0.152. The molecule has 0 unspecified atom stereocenters. The van der Waals surface area contributed by atoms with E-state index in [9.17, 15) is 40.8 Å². The van der Waals surface area contributed by atoms with Crippen molar-refractivity contribution < 1.29 is 55.0 Å². The van der Waals surface area contributed by atoms with Crippen LogP contribution in [0.25, 0.3) is 10.8 Å². The number of hydrogen-bond donors (Lipinski definition) is 3. The summed E-state index contributed by atoms with van der Waals surface area (Å²) in [5, 5.41) is 6.56. The van der Waals surface area contributed by atoms with Crippen molar-refractivity contribution >= 4 is 44.6 Å². The van der Waals surface area contributed by atoms with Gasteiger partial charge in [-0.1, -0.05) is 44.2 Å². The van der Waals surface area contributed by atoms with Crippen LogP contribution >= 0.6 is 0 Å². The Labute approximate surface area is 336 Å². The highest BCUT2D eigenvalue weighted by Crippen LogP contribution is 2.48. The summed E-state index contributed by atoms with van der Waals surface area (Å²) in [6, 6.07) is 4.51. The number of allylic oxidation sites excluding steroid dienone is 1. The number of benzene rings is 1. The smallest absolute Gasteiger partial charge is 0.408 e. The third kappa shape index (κ3) is 8.43. The van der Waals surface area contributed by atoms with E-state index < -0.39 is 92.3 Å². The first-order valence-electron chi connectivity index (χ1n) is 19.5. The zero-order valence-corrected chi connectivity index (χ0v) is 34.3. The Morgan fingerprint density at radius 2 is 1.78 bits per heavy atom. The SMILES string of the molecule is COc1cnc(O[C@@H]2C[C@H]3C(=O)N[C@]4(C(=O)NS(=O)(=O)C5(CF)CC5)C[C@H]4/C=C\CC[C@@H](C)C[C@@H](C)[C@H](NC(=O)OC(C)(C)C(C)(F)F)C(=O)N3C2)c2ccccc12. The second kappa shape index (κ2) is 15.9. The summed E-state index contributed by atoms with van der Waals surface area (Å²) in [6.07, 6.45) is 4.55. The highest BCUT2D eigenvalue weighted by Gasteiger charge is 2.64. The molecule has 2 aromatic rings. The summed E-state index contributed by atoms with van der Waals surface area (Å²) in [7, 11) is -2.94. The third-order valence-corrected chi connectivity index (χ3v) is 14.3. The molecule has 2 aliphatic carbocycles. The van der Waals surface area contributed by atoms with Crippen molar-refractivity contribution in [2.45, 2.75) is 120 Å². The molecule has 4 aliphatic rings. The summed E-state index contributed by atoms with van der Waals surface area (Å²) in [5.41, 5.74) is -3.97. The summed E-state index contributed by atoms with van der Waals surface area (Å²) >= 11 is 0. The highest BCUT2D eigenvalue weighted by molar-refractivity contribution is 7.91. The van der Waals surface area contributed by atoms with Gasteiger partial charge in [-0.3, -0.25) is 19.1 Å². The van der Waals surface area contributed by atoms with Gasteiger partial charge in [0, 0.05) is 30.0 Å². The van der Waals surface area contributed by atoms with Crippen LogP contribution in [-0.2, 0) is 29.1 Å². The highest BCUT2D eigenvalue weighted by atomic mass is 32.2. The minimum atomic E-state index is -4.44. The molecule has 58 heavy (non-hydrogen) atoms. The Morgan fingerprint density at radius 1 is 1.09 bits per heavy atom. The Kier molecular flexibility index (Phi) is 11.8. The number of aromatic nitrogens is 1. The van der Waals surface area contributed by atoms with E-state index in [1.807, 2.05) is 29.9 Å². The van der Waals surface area contributed by atoms with Gasteiger partial charge in [0.05, 0.1) is 19.9 Å². The number of alkyl carbamates (subject to hydrolysis) is 1. The lowest BCUT2D eigenvalue weighted by Crippen LogP contribution is -2.60. The summed E-state index contributed by atoms with van der Waals surface area (Å²) in [6.45, 7) is 5.04. The van der Waals surface area contributed by atoms with Crippen LogP contribution in [0.1, 0.15) is 79.6 Å². The normalized spacial score (nSPS) is 29.4. The second-order valence-corrected chi connectivity index (χ2v) is 19.0. The lowest BCUT2D eigenvalue weighted by atomic mass is 9.88. The number of hydrogen-bond acceptors (Lipinski definition) is 10. The molecule has 2 saturated carbocycles. The van der Waals surface area contributed by atoms with E-state index in [0.29, 0.717) is 42.7 Å². The minimum Gasteiger partial charge on any atom is -0.494 e. The van der Waals surface area contributed by atoms with Crippen molar-refractivity contribution in [2.24, 2.45) is 17.8 Å². The molecule has 18 heteroatoms. The van der Waals surface area contributed by atoms with Gasteiger partial charge in [0.15, 0.2) is 5.60 Å². The molecule has 7 atom stereocenters. The number of nitrogens with one attached hydrogen (secondary N) is 3. The Morgan fingerprint density at radius 3 is 2.41 bits per heavy atom. The number of rotatable bonds is 10. The summed E-state index contributed by atoms with van der Waals surface area (Å²) < 4.78 is 86.3. The maximum Gasteiger partial charge on any atom is 0.408 e. The average molecular weight is 836 g/mol. The van der Waals surface area contributed by atoms with Crippen molar-refractivity contribution in [1.82, 2.24) is 25.2 Å². The Bertz CT molecular complexity index is 2070. The van der Waals surface area contributed by atoms with E-state index in [4.69, 9.17) is 14.2 Å². The van der Waals surface area contributed by atoms with Crippen LogP contribution in [0.4, 0.5) is 18.0 Å². The van der Waals surface area contributed by atoms with E-state index in [-0.39, 0.29) is 44.0 Å². The van der Waals surface area contributed by atoms with Gasteiger partial charge in [0.2, 0.25) is 27.7 Å². The predicted octanol–water partition coefficient (Wildman–Crippen LogP) is 4.96. The fourth-order valence-electron chi connectivity index (χ4n) is 7.78. The van der Waals surface area contributed by atoms with E-state index >= 15 is 0 Å². The first kappa shape index (κ1) is 43.0. The van der Waals surface area contributed by atoms with Gasteiger partial charge in [-0.25, -0.2) is 31.4 Å². The molecule has 2 aliphatic heterocycles. The van der Waals surface area contributed by atoms with Crippen LogP contribution in [0.5, 0.6) is 11.6 Å². The van der Waals surface area contributed by atoms with Crippen LogP contribution in [0.15, 0.2) is 42.6 Å². The molecule has 1 aromatic heterocycles. The second-order valence-electron chi connectivity index (χ2n) is 16.9. The number of nitrogens with zero attached hydrogens (tertiary/aromatic N) is 2. The number of carbonyl (C=O) groups excluding carboxylic acids is 4. The topological polar surface area (TPSA) is 182 Å². The van der Waals surface area contributed by atoms with E-state index in [1.165, 1.54) is 18.2 Å². The number of amides is 4. The maximum absolute atomic E-state index is 14.8. The Hall–Kier alpha value is -4.61. The maximum atomic E-state index is 14.8. The molecule has 3 heterocycles. The molecule has 3 N–H and O–H groups in total. The number of pyridine rings is 1. The fourth-order valence-corrected chi connectivity index (χ4v) is 9.21. The minimum absolute atomic E-state index is 0.0122. The molecule has 14 nitrogen and oxygen atoms in total. The molecule has 1 aromatic carbocycles. The van der Waals surface area contributed by atoms with E-state index in [2.05, 4.69) is 15.6 Å². The fraction of sp³-hybridized carbons (Fsp3) is 0.625. The van der Waals surface area contributed by atoms with Crippen molar-refractivity contribution in [3.05, 3.63) is 42.6 Å². The van der Waals surface area contributed by atoms with Gasteiger partial charge in [-0.15, -0.1) is 0 Å². The van der Waals surface area contributed by atoms with Crippen LogP contribution in [-0.4, -0.2) is 102 Å². The van der Waals surface area contributed by atoms with Gasteiger partial charge in [0.1, 0.15) is 40.9 Å². The van der Waals surface area contributed by atoms with Gasteiger partial charge >= 0.3 is 6.09 Å². The lowest BCUT2D eigenvalue weighted by Gasteiger charge is -2.35. The van der Waals surface area contributed by atoms with Gasteiger partial charge in [0.25, 0.3) is 11.8 Å². The molecule has 4 amide bonds. The number of alkyl halides is 3. The number of sulfonamides is 1. The standard InChI is InChI=1S/C40H52F3N5O9S/c1-23-11-7-8-12-25-19-40(25,35(51)47-58(53,54)39(22-41)15-16-39)46-32(49)29-18-26(56-33-28-14-10-9-13-27(28)30(55-6)20-44-33)21-48(29)34(50)31(24(2)17-23)45-36(52)57-37(3,4)38(5,42)43/h8-10,12-14,20,23-26,29,31H,7,11,15-19,21-22H2,1-6H3,(H,45,52)(H,46,49)(H,47,51)/b12-8-/t23-,24-,25-,26-,29+,31+,40-/m1/s1. The number of carbonyl (C=O) groups is 4. The van der Waals surface area contributed by atoms with Crippen molar-refractivity contribution in [1.29, 1.82) is 0 Å². The van der Waals surface area contributed by atoms with E-state index in [1.54, 1.807) is 25.1 Å². The largest absolute Gasteiger partial charge is 0.494 e. The first-order chi connectivity index (χ1) is 27.2. The average Bonchev–Trinajstić information content (AvgIpc) is 4.06. The van der Waals surface area contributed by atoms with Crippen molar-refractivity contribution in [2.75, 3.05) is 20.3 Å². The first-order valence-corrected chi connectivity index (χ1v) is 21.0.